The molecule has 84 valence electrons. The van der Waals surface area contributed by atoms with Crippen molar-refractivity contribution in [2.75, 3.05) is 5.75 Å². The first kappa shape index (κ1) is 12.3. The molecule has 3 nitrogen and oxygen atoms in total. The number of nitrogens with two attached hydrogens (primary N) is 1. The Morgan fingerprint density at radius 3 is 2.67 bits per heavy atom. The van der Waals surface area contributed by atoms with Crippen LogP contribution in [-0.2, 0) is 16.6 Å². The van der Waals surface area contributed by atoms with Gasteiger partial charge in [-0.3, -0.25) is 9.19 Å². The minimum atomic E-state index is -0.936. The van der Waals surface area contributed by atoms with Crippen LogP contribution in [0, 0.1) is 6.92 Å². The maximum absolute atomic E-state index is 11.7. The van der Waals surface area contributed by atoms with Gasteiger partial charge in [-0.2, -0.15) is 0 Å². The summed E-state index contributed by atoms with van der Waals surface area (Å²) >= 11 is 0. The monoisotopic (exact) mass is 226 g/mol. The van der Waals surface area contributed by atoms with Crippen molar-refractivity contribution in [2.24, 2.45) is 5.73 Å². The highest BCUT2D eigenvalue weighted by atomic mass is 32.2. The molecular weight excluding hydrogens is 208 g/mol. The summed E-state index contributed by atoms with van der Waals surface area (Å²) in [6.07, 6.45) is 0. The van der Waals surface area contributed by atoms with Crippen molar-refractivity contribution in [2.45, 2.75) is 32.1 Å². The van der Waals surface area contributed by atoms with Crippen LogP contribution < -0.4 is 5.73 Å². The largest absolute Gasteiger partial charge is 0.325 e. The van der Waals surface area contributed by atoms with Crippen molar-refractivity contribution in [1.29, 1.82) is 0 Å². The second-order valence-corrected chi connectivity index (χ2v) is 5.94. The van der Waals surface area contributed by atoms with Gasteiger partial charge in [0.15, 0.2) is 0 Å². The van der Waals surface area contributed by atoms with Crippen molar-refractivity contribution in [1.82, 2.24) is 4.98 Å². The molecular formula is C11H18N2OS. The van der Waals surface area contributed by atoms with Gasteiger partial charge in [0.1, 0.15) is 0 Å². The molecule has 0 aliphatic carbocycles. The van der Waals surface area contributed by atoms with E-state index >= 15 is 0 Å². The van der Waals surface area contributed by atoms with Crippen LogP contribution in [0.15, 0.2) is 18.2 Å². The number of pyridine rings is 1. The van der Waals surface area contributed by atoms with Gasteiger partial charge in [0.25, 0.3) is 0 Å². The zero-order chi connectivity index (χ0) is 11.5. The molecule has 0 bridgehead atoms. The number of hydrogen-bond donors (Lipinski definition) is 1. The van der Waals surface area contributed by atoms with Gasteiger partial charge in [-0.05, 0) is 32.9 Å². The average Bonchev–Trinajstić information content (AvgIpc) is 1.99. The van der Waals surface area contributed by atoms with Crippen molar-refractivity contribution >= 4 is 10.8 Å². The third-order valence-corrected chi connectivity index (χ3v) is 3.47. The molecule has 0 saturated carbocycles. The third-order valence-electron chi connectivity index (χ3n) is 1.79. The highest BCUT2D eigenvalue weighted by Crippen LogP contribution is 2.06. The van der Waals surface area contributed by atoms with Crippen molar-refractivity contribution in [3.05, 3.63) is 29.6 Å². The number of aromatic nitrogens is 1. The van der Waals surface area contributed by atoms with Crippen molar-refractivity contribution in [3.8, 4) is 0 Å². The molecule has 0 aliphatic heterocycles. The standard InChI is InChI=1S/C11H18N2OS/c1-9-5-4-6-10(13-9)7-15(14)8-11(2,3)12/h4-6H,7-8,12H2,1-3H3. The predicted molar refractivity (Wildman–Crippen MR) is 64.0 cm³/mol. The zero-order valence-electron chi connectivity index (χ0n) is 9.49. The lowest BCUT2D eigenvalue weighted by Crippen LogP contribution is -2.38. The van der Waals surface area contributed by atoms with Gasteiger partial charge in [0, 0.05) is 27.8 Å². The maximum atomic E-state index is 11.7. The molecule has 1 unspecified atom stereocenters. The molecule has 0 spiro atoms. The van der Waals surface area contributed by atoms with E-state index in [4.69, 9.17) is 5.73 Å². The molecule has 0 saturated heterocycles. The van der Waals surface area contributed by atoms with Crippen molar-refractivity contribution in [3.63, 3.8) is 0 Å². The van der Waals surface area contributed by atoms with E-state index in [2.05, 4.69) is 4.98 Å². The molecule has 4 heteroatoms. The van der Waals surface area contributed by atoms with Crippen LogP contribution >= 0.6 is 0 Å². The summed E-state index contributed by atoms with van der Waals surface area (Å²) in [4.78, 5) is 4.31. The Hall–Kier alpha value is -0.740. The highest BCUT2D eigenvalue weighted by molar-refractivity contribution is 7.84. The van der Waals surface area contributed by atoms with E-state index in [1.807, 2.05) is 39.0 Å². The van der Waals surface area contributed by atoms with Gasteiger partial charge in [-0.1, -0.05) is 6.07 Å². The molecule has 1 atom stereocenters. The lowest BCUT2D eigenvalue weighted by atomic mass is 10.1. The van der Waals surface area contributed by atoms with Crippen LogP contribution in [0.4, 0.5) is 0 Å². The summed E-state index contributed by atoms with van der Waals surface area (Å²) in [6, 6.07) is 5.76. The Labute approximate surface area is 93.6 Å². The lowest BCUT2D eigenvalue weighted by Gasteiger charge is -2.17. The molecule has 1 rings (SSSR count). The Kier molecular flexibility index (Phi) is 3.99. The van der Waals surface area contributed by atoms with E-state index in [0.29, 0.717) is 11.5 Å². The topological polar surface area (TPSA) is 56.0 Å². The summed E-state index contributed by atoms with van der Waals surface area (Å²) < 4.78 is 11.7. The Balaban J connectivity index is 2.59. The minimum Gasteiger partial charge on any atom is -0.325 e. The van der Waals surface area contributed by atoms with Crippen molar-refractivity contribution < 1.29 is 4.21 Å². The van der Waals surface area contributed by atoms with E-state index in [9.17, 15) is 4.21 Å². The van der Waals surface area contributed by atoms with Gasteiger partial charge < -0.3 is 5.73 Å². The summed E-state index contributed by atoms with van der Waals surface area (Å²) in [5.74, 6) is 0.991. The van der Waals surface area contributed by atoms with Crippen LogP contribution in [0.2, 0.25) is 0 Å². The molecule has 0 radical (unpaired) electrons. The van der Waals surface area contributed by atoms with E-state index < -0.39 is 10.8 Å². The average molecular weight is 226 g/mol. The van der Waals surface area contributed by atoms with E-state index in [-0.39, 0.29) is 5.54 Å². The lowest BCUT2D eigenvalue weighted by molar-refractivity contribution is 0.577. The molecule has 0 aliphatic rings. The van der Waals surface area contributed by atoms with E-state index in [1.54, 1.807) is 0 Å². The zero-order valence-corrected chi connectivity index (χ0v) is 10.3. The van der Waals surface area contributed by atoms with E-state index in [0.717, 1.165) is 11.4 Å². The Morgan fingerprint density at radius 1 is 1.47 bits per heavy atom. The summed E-state index contributed by atoms with van der Waals surface area (Å²) in [6.45, 7) is 5.70. The number of rotatable bonds is 4. The minimum absolute atomic E-state index is 0.380. The van der Waals surface area contributed by atoms with Gasteiger partial charge in [0.2, 0.25) is 0 Å². The second-order valence-electron chi connectivity index (χ2n) is 4.49. The van der Waals surface area contributed by atoms with Crippen LogP contribution in [0.1, 0.15) is 25.2 Å². The number of aryl methyl sites for hydroxylation is 1. The summed E-state index contributed by atoms with van der Waals surface area (Å²) in [5.41, 5.74) is 7.25. The molecule has 2 N–H and O–H groups in total. The molecule has 0 amide bonds. The van der Waals surface area contributed by atoms with E-state index in [1.165, 1.54) is 0 Å². The van der Waals surface area contributed by atoms with Gasteiger partial charge in [-0.25, -0.2) is 0 Å². The number of nitrogens with zero attached hydrogens (tertiary/aromatic N) is 1. The van der Waals surface area contributed by atoms with Gasteiger partial charge >= 0.3 is 0 Å². The Morgan fingerprint density at radius 2 is 2.13 bits per heavy atom. The SMILES string of the molecule is Cc1cccc(CS(=O)CC(C)(C)N)n1. The number of hydrogen-bond acceptors (Lipinski definition) is 3. The molecule has 0 aromatic carbocycles. The summed E-state index contributed by atoms with van der Waals surface area (Å²) in [7, 11) is -0.936. The first-order valence-electron chi connectivity index (χ1n) is 4.93. The second kappa shape index (κ2) is 4.86. The molecule has 1 heterocycles. The first-order valence-corrected chi connectivity index (χ1v) is 6.42. The fourth-order valence-electron chi connectivity index (χ4n) is 1.31. The fourth-order valence-corrected chi connectivity index (χ4v) is 2.73. The van der Waals surface area contributed by atoms with Gasteiger partial charge in [-0.15, -0.1) is 0 Å². The summed E-state index contributed by atoms with van der Waals surface area (Å²) in [5, 5.41) is 0. The fraction of sp³-hybridized carbons (Fsp3) is 0.545. The molecule has 1 aromatic heterocycles. The normalized spacial score (nSPS) is 13.9. The first-order chi connectivity index (χ1) is 6.87. The van der Waals surface area contributed by atoms with Crippen LogP contribution in [0.25, 0.3) is 0 Å². The molecule has 15 heavy (non-hydrogen) atoms. The molecule has 1 aromatic rings. The smallest absolute Gasteiger partial charge is 0.0659 e. The quantitative estimate of drug-likeness (QED) is 0.843. The van der Waals surface area contributed by atoms with Crippen LogP contribution in [0.3, 0.4) is 0 Å². The van der Waals surface area contributed by atoms with Gasteiger partial charge in [0.05, 0.1) is 11.4 Å². The molecule has 0 fully saturated rings. The third kappa shape index (κ3) is 5.04. The maximum Gasteiger partial charge on any atom is 0.0659 e. The predicted octanol–water partition coefficient (Wildman–Crippen LogP) is 1.38. The van der Waals surface area contributed by atoms with Crippen LogP contribution in [0.5, 0.6) is 0 Å². The Bertz CT molecular complexity index is 358. The highest BCUT2D eigenvalue weighted by Gasteiger charge is 2.15. The van der Waals surface area contributed by atoms with Crippen LogP contribution in [-0.4, -0.2) is 20.5 Å².